The van der Waals surface area contributed by atoms with Gasteiger partial charge in [-0.25, -0.2) is 8.42 Å². The number of sulfonamides is 1. The Kier molecular flexibility index (Phi) is 7.77. The number of rotatable bonds is 8. The van der Waals surface area contributed by atoms with E-state index < -0.39 is 10.0 Å². The molecule has 166 valence electrons. The van der Waals surface area contributed by atoms with Gasteiger partial charge in [0.05, 0.1) is 25.0 Å². The van der Waals surface area contributed by atoms with E-state index >= 15 is 0 Å². The zero-order valence-corrected chi connectivity index (χ0v) is 18.7. The van der Waals surface area contributed by atoms with E-state index in [1.54, 1.807) is 6.07 Å². The molecule has 8 heteroatoms. The zero-order chi connectivity index (χ0) is 21.6. The highest BCUT2D eigenvalue weighted by Gasteiger charge is 2.33. The molecule has 3 rings (SSSR count). The second-order valence-corrected chi connectivity index (χ2v) is 9.81. The van der Waals surface area contributed by atoms with Gasteiger partial charge in [-0.3, -0.25) is 4.79 Å². The van der Waals surface area contributed by atoms with Crippen molar-refractivity contribution < 1.29 is 22.7 Å². The number of ether oxygens (including phenoxy) is 2. The predicted molar refractivity (Wildman–Crippen MR) is 115 cm³/mol. The molecule has 1 aliphatic heterocycles. The standard InChI is InChI=1S/C22H32N2O5S/c1-28-20-11-10-19(15-21(20)29-2)30(26,27)24-14-6-9-18(16-24)22(25)23-13-12-17-7-4-3-5-8-17/h7,10-11,15,18H,3-6,8-9,12-14,16H2,1-2H3,(H,23,25)/t18-/m0/s1. The molecule has 0 saturated carbocycles. The van der Waals surface area contributed by atoms with Crippen LogP contribution in [0.5, 0.6) is 11.5 Å². The number of benzene rings is 1. The molecule has 30 heavy (non-hydrogen) atoms. The van der Waals surface area contributed by atoms with Crippen molar-refractivity contribution in [1.82, 2.24) is 9.62 Å². The molecule has 2 aliphatic rings. The first-order valence-electron chi connectivity index (χ1n) is 10.6. The number of hydrogen-bond donors (Lipinski definition) is 1. The van der Waals surface area contributed by atoms with Gasteiger partial charge in [0.25, 0.3) is 0 Å². The summed E-state index contributed by atoms with van der Waals surface area (Å²) in [6.07, 6.45) is 9.27. The lowest BCUT2D eigenvalue weighted by Gasteiger charge is -2.31. The molecule has 0 unspecified atom stereocenters. The number of methoxy groups -OCH3 is 2. The van der Waals surface area contributed by atoms with Crippen LogP contribution < -0.4 is 14.8 Å². The van der Waals surface area contributed by atoms with Crippen molar-refractivity contribution in [3.05, 3.63) is 29.8 Å². The first kappa shape index (κ1) is 22.6. The van der Waals surface area contributed by atoms with Crippen LogP contribution in [0.4, 0.5) is 0 Å². The van der Waals surface area contributed by atoms with Crippen LogP contribution in [-0.4, -0.2) is 52.5 Å². The summed E-state index contributed by atoms with van der Waals surface area (Å²) in [5.41, 5.74) is 1.42. The Morgan fingerprint density at radius 2 is 1.97 bits per heavy atom. The summed E-state index contributed by atoms with van der Waals surface area (Å²) in [4.78, 5) is 12.8. The largest absolute Gasteiger partial charge is 0.493 e. The van der Waals surface area contributed by atoms with E-state index in [1.165, 1.54) is 49.1 Å². The highest BCUT2D eigenvalue weighted by molar-refractivity contribution is 7.89. The lowest BCUT2D eigenvalue weighted by Crippen LogP contribution is -2.45. The van der Waals surface area contributed by atoms with Gasteiger partial charge < -0.3 is 14.8 Å². The number of carbonyl (C=O) groups excluding carboxylic acids is 1. The molecule has 1 amide bonds. The van der Waals surface area contributed by atoms with Crippen molar-refractivity contribution >= 4 is 15.9 Å². The van der Waals surface area contributed by atoms with E-state index in [0.29, 0.717) is 37.4 Å². The van der Waals surface area contributed by atoms with Crippen LogP contribution in [0, 0.1) is 5.92 Å². The number of allylic oxidation sites excluding steroid dienone is 1. The predicted octanol–water partition coefficient (Wildman–Crippen LogP) is 3.11. The maximum Gasteiger partial charge on any atom is 0.243 e. The summed E-state index contributed by atoms with van der Waals surface area (Å²) in [7, 11) is -0.739. The lowest BCUT2D eigenvalue weighted by molar-refractivity contribution is -0.126. The Hall–Kier alpha value is -2.06. The van der Waals surface area contributed by atoms with Crippen molar-refractivity contribution in [2.45, 2.75) is 49.8 Å². The molecule has 0 bridgehead atoms. The Morgan fingerprint density at radius 1 is 1.17 bits per heavy atom. The number of amides is 1. The van der Waals surface area contributed by atoms with Crippen molar-refractivity contribution in [1.29, 1.82) is 0 Å². The van der Waals surface area contributed by atoms with E-state index in [9.17, 15) is 13.2 Å². The van der Waals surface area contributed by atoms with Gasteiger partial charge in [-0.1, -0.05) is 11.6 Å². The molecule has 1 aliphatic carbocycles. The summed E-state index contributed by atoms with van der Waals surface area (Å²) in [5.74, 6) is 0.454. The van der Waals surface area contributed by atoms with Gasteiger partial charge in [-0.05, 0) is 57.1 Å². The number of piperidine rings is 1. The Balaban J connectivity index is 1.61. The monoisotopic (exact) mass is 436 g/mol. The molecule has 7 nitrogen and oxygen atoms in total. The third-order valence-electron chi connectivity index (χ3n) is 5.88. The van der Waals surface area contributed by atoms with E-state index in [-0.39, 0.29) is 23.3 Å². The summed E-state index contributed by atoms with van der Waals surface area (Å²) in [6, 6.07) is 4.56. The van der Waals surface area contributed by atoms with E-state index in [0.717, 1.165) is 19.3 Å². The number of carbonyl (C=O) groups is 1. The molecule has 0 aromatic heterocycles. The molecule has 1 fully saturated rings. The average Bonchev–Trinajstić information content (AvgIpc) is 2.79. The highest BCUT2D eigenvalue weighted by Crippen LogP contribution is 2.32. The van der Waals surface area contributed by atoms with Crippen molar-refractivity contribution in [2.24, 2.45) is 5.92 Å². The number of hydrogen-bond acceptors (Lipinski definition) is 5. The second kappa shape index (κ2) is 10.3. The first-order valence-corrected chi connectivity index (χ1v) is 12.1. The quantitative estimate of drug-likeness (QED) is 0.633. The van der Waals surface area contributed by atoms with Crippen LogP contribution in [0.3, 0.4) is 0 Å². The van der Waals surface area contributed by atoms with Crippen LogP contribution >= 0.6 is 0 Å². The van der Waals surface area contributed by atoms with Crippen molar-refractivity contribution in [3.8, 4) is 11.5 Å². The minimum Gasteiger partial charge on any atom is -0.493 e. The maximum atomic E-state index is 13.1. The normalized spacial score (nSPS) is 20.3. The van der Waals surface area contributed by atoms with Gasteiger partial charge in [0, 0.05) is 25.7 Å². The fourth-order valence-electron chi connectivity index (χ4n) is 4.12. The van der Waals surface area contributed by atoms with Crippen LogP contribution in [0.15, 0.2) is 34.7 Å². The molecule has 0 radical (unpaired) electrons. The van der Waals surface area contributed by atoms with Crippen molar-refractivity contribution in [2.75, 3.05) is 33.9 Å². The van der Waals surface area contributed by atoms with Gasteiger partial charge >= 0.3 is 0 Å². The number of nitrogens with one attached hydrogen (secondary N) is 1. The third kappa shape index (κ3) is 5.35. The Morgan fingerprint density at radius 3 is 2.67 bits per heavy atom. The van der Waals surface area contributed by atoms with E-state index in [4.69, 9.17) is 9.47 Å². The molecule has 1 N–H and O–H groups in total. The van der Waals surface area contributed by atoms with E-state index in [2.05, 4.69) is 11.4 Å². The molecule has 1 aromatic carbocycles. The maximum absolute atomic E-state index is 13.1. The van der Waals surface area contributed by atoms with Gasteiger partial charge in [0.15, 0.2) is 11.5 Å². The van der Waals surface area contributed by atoms with Crippen LogP contribution in [0.2, 0.25) is 0 Å². The first-order chi connectivity index (χ1) is 14.5. The fraction of sp³-hybridized carbons (Fsp3) is 0.591. The summed E-state index contributed by atoms with van der Waals surface area (Å²) in [6.45, 7) is 1.22. The smallest absolute Gasteiger partial charge is 0.243 e. The van der Waals surface area contributed by atoms with Crippen LogP contribution in [0.25, 0.3) is 0 Å². The molecule has 1 atom stereocenters. The molecule has 1 aromatic rings. The minimum atomic E-state index is -3.72. The van der Waals surface area contributed by atoms with Gasteiger partial charge in [0.2, 0.25) is 15.9 Å². The Bertz CT molecular complexity index is 882. The van der Waals surface area contributed by atoms with E-state index in [1.807, 2.05) is 0 Å². The van der Waals surface area contributed by atoms with Crippen LogP contribution in [0.1, 0.15) is 44.9 Å². The summed E-state index contributed by atoms with van der Waals surface area (Å²) < 4.78 is 38.1. The molecular weight excluding hydrogens is 404 g/mol. The van der Waals surface area contributed by atoms with Gasteiger partial charge in [-0.15, -0.1) is 0 Å². The van der Waals surface area contributed by atoms with Crippen molar-refractivity contribution in [3.63, 3.8) is 0 Å². The molecule has 0 spiro atoms. The topological polar surface area (TPSA) is 84.9 Å². The molecular formula is C22H32N2O5S. The van der Waals surface area contributed by atoms with Crippen LogP contribution in [-0.2, 0) is 14.8 Å². The van der Waals surface area contributed by atoms with Gasteiger partial charge in [0.1, 0.15) is 0 Å². The van der Waals surface area contributed by atoms with Gasteiger partial charge in [-0.2, -0.15) is 4.31 Å². The highest BCUT2D eigenvalue weighted by atomic mass is 32.2. The number of nitrogens with zero attached hydrogens (tertiary/aromatic N) is 1. The molecule has 1 heterocycles. The second-order valence-electron chi connectivity index (χ2n) is 7.87. The minimum absolute atomic E-state index is 0.0568. The summed E-state index contributed by atoms with van der Waals surface area (Å²) in [5, 5.41) is 3.01. The average molecular weight is 437 g/mol. The lowest BCUT2D eigenvalue weighted by atomic mass is 9.96. The SMILES string of the molecule is COc1ccc(S(=O)(=O)N2CCC[C@H](C(=O)NCCC3=CCCCC3)C2)cc1OC. The summed E-state index contributed by atoms with van der Waals surface area (Å²) >= 11 is 0. The Labute approximate surface area is 179 Å². The molecule has 1 saturated heterocycles. The zero-order valence-electron chi connectivity index (χ0n) is 17.9. The third-order valence-corrected chi connectivity index (χ3v) is 7.74. The fourth-order valence-corrected chi connectivity index (χ4v) is 5.66.